The third-order valence-corrected chi connectivity index (χ3v) is 6.13. The molecule has 1 aromatic heterocycles. The van der Waals surface area contributed by atoms with Gasteiger partial charge in [-0.3, -0.25) is 14.5 Å². The summed E-state index contributed by atoms with van der Waals surface area (Å²) in [5, 5.41) is 8.02. The fraction of sp³-hybridized carbons (Fsp3) is 0.400. The standard InChI is InChI=1S/C20H24N6O3S/c21-18(28)13-4-5-16(25-7-2-1-3-8-25)15(10-13)24-17(27)11-14-12-30-20(23-14)26-9-6-22-19(26)29/h4-5,10,12H,1-3,6-9,11H2,(H2,21,28)(H,22,29)(H,24,27). The number of carbonyl (C=O) groups excluding carboxylic acids is 3. The Bertz CT molecular complexity index is 969. The van der Waals surface area contributed by atoms with Gasteiger partial charge in [-0.1, -0.05) is 0 Å². The first kappa shape index (κ1) is 20.1. The summed E-state index contributed by atoms with van der Waals surface area (Å²) < 4.78 is 0. The molecule has 1 aromatic carbocycles. The van der Waals surface area contributed by atoms with Crippen molar-refractivity contribution >= 4 is 45.7 Å². The monoisotopic (exact) mass is 428 g/mol. The first-order valence-electron chi connectivity index (χ1n) is 9.99. The number of benzene rings is 1. The number of primary amides is 1. The van der Waals surface area contributed by atoms with Gasteiger partial charge in [0.2, 0.25) is 11.8 Å². The van der Waals surface area contributed by atoms with E-state index in [9.17, 15) is 14.4 Å². The number of aromatic nitrogens is 1. The number of hydrogen-bond donors (Lipinski definition) is 3. The van der Waals surface area contributed by atoms with E-state index in [0.717, 1.165) is 31.6 Å². The predicted octanol–water partition coefficient (Wildman–Crippen LogP) is 1.94. The van der Waals surface area contributed by atoms with Crippen LogP contribution in [-0.2, 0) is 11.2 Å². The van der Waals surface area contributed by atoms with Crippen molar-refractivity contribution in [2.24, 2.45) is 5.73 Å². The molecule has 0 spiro atoms. The van der Waals surface area contributed by atoms with Gasteiger partial charge in [-0.05, 0) is 37.5 Å². The van der Waals surface area contributed by atoms with Crippen molar-refractivity contribution in [2.75, 3.05) is 41.3 Å². The molecule has 0 unspecified atom stereocenters. The Kier molecular flexibility index (Phi) is 5.84. The van der Waals surface area contributed by atoms with Gasteiger partial charge in [0.1, 0.15) is 0 Å². The van der Waals surface area contributed by atoms with Crippen LogP contribution in [0, 0.1) is 0 Å². The zero-order valence-corrected chi connectivity index (χ0v) is 17.3. The van der Waals surface area contributed by atoms with Crippen molar-refractivity contribution in [1.82, 2.24) is 10.3 Å². The molecule has 0 radical (unpaired) electrons. The van der Waals surface area contributed by atoms with Gasteiger partial charge in [0.15, 0.2) is 5.13 Å². The molecule has 4 N–H and O–H groups in total. The second kappa shape index (κ2) is 8.70. The largest absolute Gasteiger partial charge is 0.370 e. The molecular formula is C20H24N6O3S. The number of piperidine rings is 1. The predicted molar refractivity (Wildman–Crippen MR) is 116 cm³/mol. The molecule has 0 aliphatic carbocycles. The minimum absolute atomic E-state index is 0.0756. The molecule has 10 heteroatoms. The first-order valence-corrected chi connectivity index (χ1v) is 10.9. The molecule has 0 saturated carbocycles. The van der Waals surface area contributed by atoms with Crippen LogP contribution < -0.4 is 26.2 Å². The topological polar surface area (TPSA) is 121 Å². The third kappa shape index (κ3) is 4.38. The lowest BCUT2D eigenvalue weighted by atomic mass is 10.1. The van der Waals surface area contributed by atoms with Gasteiger partial charge in [0, 0.05) is 37.1 Å². The minimum atomic E-state index is -0.538. The smallest absolute Gasteiger partial charge is 0.323 e. The van der Waals surface area contributed by atoms with E-state index in [1.165, 1.54) is 17.8 Å². The van der Waals surface area contributed by atoms with Gasteiger partial charge in [0.25, 0.3) is 0 Å². The van der Waals surface area contributed by atoms with Crippen molar-refractivity contribution < 1.29 is 14.4 Å². The molecule has 2 aliphatic heterocycles. The molecule has 30 heavy (non-hydrogen) atoms. The number of rotatable bonds is 6. The molecule has 3 heterocycles. The minimum Gasteiger partial charge on any atom is -0.370 e. The number of carbonyl (C=O) groups is 3. The van der Waals surface area contributed by atoms with E-state index >= 15 is 0 Å². The lowest BCUT2D eigenvalue weighted by Gasteiger charge is -2.30. The lowest BCUT2D eigenvalue weighted by Crippen LogP contribution is -2.31. The molecule has 4 rings (SSSR count). The summed E-state index contributed by atoms with van der Waals surface area (Å²) in [5.41, 5.74) is 7.84. The fourth-order valence-corrected chi connectivity index (χ4v) is 4.56. The van der Waals surface area contributed by atoms with Crippen molar-refractivity contribution in [1.29, 1.82) is 0 Å². The number of thiazole rings is 1. The Labute approximate surface area is 178 Å². The summed E-state index contributed by atoms with van der Waals surface area (Å²) in [6.45, 7) is 2.97. The first-order chi connectivity index (χ1) is 14.5. The number of urea groups is 1. The summed E-state index contributed by atoms with van der Waals surface area (Å²) in [5.74, 6) is -0.777. The molecule has 0 atom stereocenters. The number of nitrogens with one attached hydrogen (secondary N) is 2. The second-order valence-electron chi connectivity index (χ2n) is 7.37. The van der Waals surface area contributed by atoms with E-state index in [2.05, 4.69) is 20.5 Å². The summed E-state index contributed by atoms with van der Waals surface area (Å²) in [6.07, 6.45) is 3.46. The number of anilines is 3. The maximum Gasteiger partial charge on any atom is 0.323 e. The highest BCUT2D eigenvalue weighted by Gasteiger charge is 2.24. The Morgan fingerprint density at radius 3 is 2.70 bits per heavy atom. The van der Waals surface area contributed by atoms with E-state index in [1.807, 2.05) is 6.07 Å². The van der Waals surface area contributed by atoms with E-state index in [0.29, 0.717) is 35.2 Å². The molecule has 4 amide bonds. The second-order valence-corrected chi connectivity index (χ2v) is 8.21. The van der Waals surface area contributed by atoms with Crippen molar-refractivity contribution in [2.45, 2.75) is 25.7 Å². The van der Waals surface area contributed by atoms with Gasteiger partial charge in [0.05, 0.1) is 23.5 Å². The van der Waals surface area contributed by atoms with Crippen molar-refractivity contribution in [3.8, 4) is 0 Å². The Balaban J connectivity index is 1.49. The number of nitrogens with zero attached hydrogens (tertiary/aromatic N) is 3. The third-order valence-electron chi connectivity index (χ3n) is 5.22. The van der Waals surface area contributed by atoms with Crippen LogP contribution in [0.1, 0.15) is 35.3 Å². The van der Waals surface area contributed by atoms with Crippen LogP contribution in [0.4, 0.5) is 21.3 Å². The van der Waals surface area contributed by atoms with Crippen molar-refractivity contribution in [3.05, 3.63) is 34.8 Å². The van der Waals surface area contributed by atoms with E-state index in [4.69, 9.17) is 5.73 Å². The quantitative estimate of drug-likeness (QED) is 0.649. The fourth-order valence-electron chi connectivity index (χ4n) is 3.71. The molecule has 158 valence electrons. The van der Waals surface area contributed by atoms with E-state index in [1.54, 1.807) is 22.4 Å². The zero-order chi connectivity index (χ0) is 21.1. The average Bonchev–Trinajstić information content (AvgIpc) is 3.37. The van der Waals surface area contributed by atoms with Gasteiger partial charge < -0.3 is 21.3 Å². The summed E-state index contributed by atoms with van der Waals surface area (Å²) in [7, 11) is 0. The van der Waals surface area contributed by atoms with Crippen LogP contribution in [0.5, 0.6) is 0 Å². The van der Waals surface area contributed by atoms with Crippen LogP contribution in [0.2, 0.25) is 0 Å². The molecule has 2 aliphatic rings. The van der Waals surface area contributed by atoms with Crippen LogP contribution in [0.25, 0.3) is 0 Å². The normalized spacial score (nSPS) is 16.5. The number of amides is 4. The molecular weight excluding hydrogens is 404 g/mol. The van der Waals surface area contributed by atoms with Gasteiger partial charge in [-0.15, -0.1) is 11.3 Å². The number of hydrogen-bond acceptors (Lipinski definition) is 6. The van der Waals surface area contributed by atoms with Crippen LogP contribution in [0.3, 0.4) is 0 Å². The molecule has 2 saturated heterocycles. The van der Waals surface area contributed by atoms with E-state index < -0.39 is 5.91 Å². The van der Waals surface area contributed by atoms with Gasteiger partial charge in [-0.2, -0.15) is 0 Å². The number of nitrogens with two attached hydrogens (primary N) is 1. The molecule has 2 fully saturated rings. The highest BCUT2D eigenvalue weighted by Crippen LogP contribution is 2.30. The summed E-state index contributed by atoms with van der Waals surface area (Å²) in [6, 6.07) is 4.99. The Morgan fingerprint density at radius 1 is 1.20 bits per heavy atom. The van der Waals surface area contributed by atoms with Gasteiger partial charge in [-0.25, -0.2) is 9.78 Å². The van der Waals surface area contributed by atoms with Crippen LogP contribution in [0.15, 0.2) is 23.6 Å². The SMILES string of the molecule is NC(=O)c1ccc(N2CCCCC2)c(NC(=O)Cc2csc(N3CCNC3=O)n2)c1. The molecule has 9 nitrogen and oxygen atoms in total. The zero-order valence-electron chi connectivity index (χ0n) is 16.5. The average molecular weight is 429 g/mol. The molecule has 0 bridgehead atoms. The summed E-state index contributed by atoms with van der Waals surface area (Å²) in [4.78, 5) is 44.3. The lowest BCUT2D eigenvalue weighted by molar-refractivity contribution is -0.115. The maximum atomic E-state index is 12.7. The maximum absolute atomic E-state index is 12.7. The Hall–Kier alpha value is -3.14. The van der Waals surface area contributed by atoms with Gasteiger partial charge >= 0.3 is 6.03 Å². The summed E-state index contributed by atoms with van der Waals surface area (Å²) >= 11 is 1.34. The van der Waals surface area contributed by atoms with Crippen LogP contribution in [-0.4, -0.2) is 49.0 Å². The molecule has 2 aromatic rings. The highest BCUT2D eigenvalue weighted by molar-refractivity contribution is 7.14. The van der Waals surface area contributed by atoms with Crippen molar-refractivity contribution in [3.63, 3.8) is 0 Å². The Morgan fingerprint density at radius 2 is 2.00 bits per heavy atom. The highest BCUT2D eigenvalue weighted by atomic mass is 32.1. The van der Waals surface area contributed by atoms with E-state index in [-0.39, 0.29) is 18.4 Å². The van der Waals surface area contributed by atoms with Crippen LogP contribution >= 0.6 is 11.3 Å².